The molecule has 1 aromatic heterocycles. The van der Waals surface area contributed by atoms with Crippen molar-refractivity contribution in [2.45, 2.75) is 58.7 Å². The monoisotopic (exact) mass is 378 g/mol. The summed E-state index contributed by atoms with van der Waals surface area (Å²) in [5, 5.41) is 3.61. The van der Waals surface area contributed by atoms with Crippen LogP contribution in [-0.4, -0.2) is 40.1 Å². The molecule has 1 saturated heterocycles. The Morgan fingerprint density at radius 3 is 2.74 bits per heavy atom. The van der Waals surface area contributed by atoms with Crippen LogP contribution in [0.2, 0.25) is 0 Å². The highest BCUT2D eigenvalue weighted by Crippen LogP contribution is 2.27. The summed E-state index contributed by atoms with van der Waals surface area (Å²) in [5.41, 5.74) is -0.0841. The largest absolute Gasteiger partial charge is 0.313 e. The standard InChI is InChI=1S/C20H28F2N4O/c1-4-7-18(25-9-6-8-23-13(3)12-25)19-24-17-11-16(22)15(21)10-14(17)20(27)26(19)5-2/h10-11,13,18,23H,4-9,12H2,1-3H3/t13-,18-/m1/s1. The third-order valence-electron chi connectivity index (χ3n) is 5.27. The molecule has 0 bridgehead atoms. The number of hydrogen-bond donors (Lipinski definition) is 1. The van der Waals surface area contributed by atoms with Gasteiger partial charge >= 0.3 is 0 Å². The number of halogens is 2. The molecule has 0 amide bonds. The normalized spacial score (nSPS) is 20.0. The van der Waals surface area contributed by atoms with E-state index in [1.807, 2.05) is 6.92 Å². The highest BCUT2D eigenvalue weighted by atomic mass is 19.2. The van der Waals surface area contributed by atoms with Crippen LogP contribution in [0.1, 0.15) is 51.9 Å². The minimum Gasteiger partial charge on any atom is -0.313 e. The second-order valence-electron chi connectivity index (χ2n) is 7.31. The van der Waals surface area contributed by atoms with E-state index in [2.05, 4.69) is 29.0 Å². The molecule has 27 heavy (non-hydrogen) atoms. The van der Waals surface area contributed by atoms with Crippen molar-refractivity contribution < 1.29 is 8.78 Å². The molecule has 148 valence electrons. The average molecular weight is 378 g/mol. The van der Waals surface area contributed by atoms with Gasteiger partial charge in [0.25, 0.3) is 5.56 Å². The Balaban J connectivity index is 2.16. The number of hydrogen-bond acceptors (Lipinski definition) is 4. The van der Waals surface area contributed by atoms with Gasteiger partial charge in [-0.05, 0) is 39.3 Å². The fourth-order valence-electron chi connectivity index (χ4n) is 3.96. The van der Waals surface area contributed by atoms with E-state index in [0.29, 0.717) is 18.4 Å². The minimum absolute atomic E-state index is 0.0254. The summed E-state index contributed by atoms with van der Waals surface area (Å²) in [6, 6.07) is 2.32. The Hall–Kier alpha value is -1.86. The molecule has 1 aliphatic heterocycles. The molecule has 0 aliphatic carbocycles. The van der Waals surface area contributed by atoms with Crippen LogP contribution in [0, 0.1) is 11.6 Å². The molecule has 0 spiro atoms. The zero-order chi connectivity index (χ0) is 19.6. The van der Waals surface area contributed by atoms with Gasteiger partial charge in [0.1, 0.15) is 5.82 Å². The molecule has 3 rings (SSSR count). The first kappa shape index (κ1) is 19.9. The van der Waals surface area contributed by atoms with E-state index >= 15 is 0 Å². The zero-order valence-corrected chi connectivity index (χ0v) is 16.3. The summed E-state index contributed by atoms with van der Waals surface area (Å²) in [5.74, 6) is -1.35. The van der Waals surface area contributed by atoms with Gasteiger partial charge in [0.15, 0.2) is 11.6 Å². The third kappa shape index (κ3) is 4.04. The van der Waals surface area contributed by atoms with E-state index in [1.54, 1.807) is 4.57 Å². The van der Waals surface area contributed by atoms with E-state index in [0.717, 1.165) is 51.0 Å². The summed E-state index contributed by atoms with van der Waals surface area (Å²) in [6.07, 6.45) is 2.82. The number of nitrogens with zero attached hydrogens (tertiary/aromatic N) is 3. The van der Waals surface area contributed by atoms with Crippen LogP contribution >= 0.6 is 0 Å². The fourth-order valence-corrected chi connectivity index (χ4v) is 3.96. The first-order valence-corrected chi connectivity index (χ1v) is 9.83. The van der Waals surface area contributed by atoms with Gasteiger partial charge in [0, 0.05) is 31.7 Å². The van der Waals surface area contributed by atoms with E-state index < -0.39 is 11.6 Å². The van der Waals surface area contributed by atoms with Gasteiger partial charge in [-0.1, -0.05) is 13.3 Å². The molecule has 1 aromatic carbocycles. The van der Waals surface area contributed by atoms with Crippen molar-refractivity contribution >= 4 is 10.9 Å². The Bertz CT molecular complexity index is 867. The summed E-state index contributed by atoms with van der Waals surface area (Å²) >= 11 is 0. The number of nitrogens with one attached hydrogen (secondary N) is 1. The molecular weight excluding hydrogens is 350 g/mol. The second kappa shape index (κ2) is 8.44. The molecule has 2 heterocycles. The lowest BCUT2D eigenvalue weighted by Gasteiger charge is -2.32. The zero-order valence-electron chi connectivity index (χ0n) is 16.3. The number of benzene rings is 1. The van der Waals surface area contributed by atoms with Gasteiger partial charge in [-0.2, -0.15) is 0 Å². The molecule has 0 saturated carbocycles. The molecule has 1 fully saturated rings. The minimum atomic E-state index is -1.02. The quantitative estimate of drug-likeness (QED) is 0.868. The number of aromatic nitrogens is 2. The molecule has 7 heteroatoms. The predicted molar refractivity (Wildman–Crippen MR) is 103 cm³/mol. The van der Waals surface area contributed by atoms with Crippen LogP contribution < -0.4 is 10.9 Å². The number of rotatable bonds is 5. The SMILES string of the molecule is CCC[C@H](c1nc2cc(F)c(F)cc2c(=O)n1CC)N1CCCN[C@H](C)C1. The molecular formula is C20H28F2N4O. The molecule has 2 aromatic rings. The molecule has 0 unspecified atom stereocenters. The Morgan fingerprint density at radius 2 is 2.04 bits per heavy atom. The fraction of sp³-hybridized carbons (Fsp3) is 0.600. The van der Waals surface area contributed by atoms with Crippen LogP contribution in [-0.2, 0) is 6.54 Å². The predicted octanol–water partition coefficient (Wildman–Crippen LogP) is 3.22. The lowest BCUT2D eigenvalue weighted by atomic mass is 10.1. The highest BCUT2D eigenvalue weighted by Gasteiger charge is 2.27. The summed E-state index contributed by atoms with van der Waals surface area (Å²) < 4.78 is 29.0. The summed E-state index contributed by atoms with van der Waals surface area (Å²) in [4.78, 5) is 20.0. The summed E-state index contributed by atoms with van der Waals surface area (Å²) in [6.45, 7) is 9.33. The van der Waals surface area contributed by atoms with Gasteiger partial charge in [-0.15, -0.1) is 0 Å². The van der Waals surface area contributed by atoms with Crippen LogP contribution in [0.5, 0.6) is 0 Å². The smallest absolute Gasteiger partial charge is 0.261 e. The van der Waals surface area contributed by atoms with Gasteiger partial charge in [0.2, 0.25) is 0 Å². The van der Waals surface area contributed by atoms with E-state index in [9.17, 15) is 13.6 Å². The van der Waals surface area contributed by atoms with Crippen LogP contribution in [0.15, 0.2) is 16.9 Å². The van der Waals surface area contributed by atoms with Crippen molar-refractivity contribution in [3.05, 3.63) is 39.9 Å². The second-order valence-corrected chi connectivity index (χ2v) is 7.31. The van der Waals surface area contributed by atoms with Gasteiger partial charge in [-0.3, -0.25) is 14.3 Å². The van der Waals surface area contributed by atoms with E-state index in [1.165, 1.54) is 0 Å². The average Bonchev–Trinajstić information content (AvgIpc) is 2.85. The molecule has 1 N–H and O–H groups in total. The van der Waals surface area contributed by atoms with Crippen LogP contribution in [0.3, 0.4) is 0 Å². The maximum absolute atomic E-state index is 13.8. The Kier molecular flexibility index (Phi) is 6.22. The van der Waals surface area contributed by atoms with Crippen molar-refractivity contribution in [2.75, 3.05) is 19.6 Å². The molecule has 1 aliphatic rings. The van der Waals surface area contributed by atoms with E-state index in [-0.39, 0.29) is 22.5 Å². The topological polar surface area (TPSA) is 50.2 Å². The van der Waals surface area contributed by atoms with Crippen molar-refractivity contribution in [1.82, 2.24) is 19.8 Å². The van der Waals surface area contributed by atoms with Crippen molar-refractivity contribution in [2.24, 2.45) is 0 Å². The molecule has 2 atom stereocenters. The van der Waals surface area contributed by atoms with Crippen molar-refractivity contribution in [1.29, 1.82) is 0 Å². The maximum Gasteiger partial charge on any atom is 0.261 e. The number of fused-ring (bicyclic) bond motifs is 1. The first-order valence-electron chi connectivity index (χ1n) is 9.83. The Morgan fingerprint density at radius 1 is 1.30 bits per heavy atom. The van der Waals surface area contributed by atoms with Gasteiger partial charge in [-0.25, -0.2) is 13.8 Å². The summed E-state index contributed by atoms with van der Waals surface area (Å²) in [7, 11) is 0. The van der Waals surface area contributed by atoms with Crippen LogP contribution in [0.25, 0.3) is 10.9 Å². The maximum atomic E-state index is 13.8. The van der Waals surface area contributed by atoms with E-state index in [4.69, 9.17) is 0 Å². The van der Waals surface area contributed by atoms with Gasteiger partial charge in [0.05, 0.1) is 16.9 Å². The highest BCUT2D eigenvalue weighted by molar-refractivity contribution is 5.77. The van der Waals surface area contributed by atoms with Crippen molar-refractivity contribution in [3.63, 3.8) is 0 Å². The Labute approximate surface area is 158 Å². The molecule has 5 nitrogen and oxygen atoms in total. The lowest BCUT2D eigenvalue weighted by molar-refractivity contribution is 0.174. The molecule has 0 radical (unpaired) electrons. The van der Waals surface area contributed by atoms with Crippen molar-refractivity contribution in [3.8, 4) is 0 Å². The van der Waals surface area contributed by atoms with Crippen LogP contribution in [0.4, 0.5) is 8.78 Å². The first-order chi connectivity index (χ1) is 13.0. The third-order valence-corrected chi connectivity index (χ3v) is 5.27. The van der Waals surface area contributed by atoms with Gasteiger partial charge < -0.3 is 5.32 Å². The lowest BCUT2D eigenvalue weighted by Crippen LogP contribution is -2.40.